The van der Waals surface area contributed by atoms with Crippen LogP contribution in [0.1, 0.15) is 16.3 Å². The summed E-state index contributed by atoms with van der Waals surface area (Å²) in [7, 11) is 0. The molecule has 5 rings (SSSR count). The van der Waals surface area contributed by atoms with Crippen molar-refractivity contribution in [1.82, 2.24) is 34.3 Å². The molecule has 5 heterocycles. The molecule has 0 aromatic carbocycles. The zero-order chi connectivity index (χ0) is 19.3. The summed E-state index contributed by atoms with van der Waals surface area (Å²) < 4.78 is 16.6. The minimum atomic E-state index is -0.548. The molecule has 0 spiro atoms. The van der Waals surface area contributed by atoms with Gasteiger partial charge >= 0.3 is 0 Å². The van der Waals surface area contributed by atoms with E-state index in [0.29, 0.717) is 47.6 Å². The number of nitrogens with zero attached hydrogens (tertiary/aromatic N) is 7. The second-order valence-electron chi connectivity index (χ2n) is 6.43. The number of pyridine rings is 2. The molecule has 10 heteroatoms. The van der Waals surface area contributed by atoms with Crippen LogP contribution in [-0.2, 0) is 13.1 Å². The summed E-state index contributed by atoms with van der Waals surface area (Å²) in [6.45, 7) is 1.33. The number of carbonyl (C=O) groups is 1. The lowest BCUT2D eigenvalue weighted by Gasteiger charge is -2.27. The van der Waals surface area contributed by atoms with Crippen molar-refractivity contribution in [3.05, 3.63) is 65.2 Å². The highest BCUT2D eigenvalue weighted by Crippen LogP contribution is 2.22. The Morgan fingerprint density at radius 3 is 2.86 bits per heavy atom. The predicted molar refractivity (Wildman–Crippen MR) is 98.2 cm³/mol. The molecule has 28 heavy (non-hydrogen) atoms. The average molecular weight is 398 g/mol. The van der Waals surface area contributed by atoms with Crippen LogP contribution in [-0.4, -0.2) is 46.7 Å². The van der Waals surface area contributed by atoms with Crippen LogP contribution in [0.4, 0.5) is 4.39 Å². The highest BCUT2D eigenvalue weighted by molar-refractivity contribution is 6.30. The first kappa shape index (κ1) is 16.8. The molecule has 1 amide bonds. The normalized spacial score (nSPS) is 13.7. The highest BCUT2D eigenvalue weighted by Gasteiger charge is 2.27. The Kier molecular flexibility index (Phi) is 3.83. The number of rotatable bonds is 2. The maximum Gasteiger partial charge on any atom is 0.274 e. The zero-order valence-electron chi connectivity index (χ0n) is 14.5. The quantitative estimate of drug-likeness (QED) is 0.485. The Balaban J connectivity index is 1.41. The fraction of sp³-hybridized carbons (Fsp3) is 0.167. The molecule has 4 aromatic heterocycles. The van der Waals surface area contributed by atoms with Gasteiger partial charge in [-0.1, -0.05) is 11.6 Å². The number of carbonyl (C=O) groups excluding carboxylic acids is 1. The minimum Gasteiger partial charge on any atom is -0.328 e. The molecule has 0 N–H and O–H groups in total. The first-order valence-electron chi connectivity index (χ1n) is 8.57. The van der Waals surface area contributed by atoms with E-state index in [0.717, 1.165) is 5.52 Å². The minimum absolute atomic E-state index is 0.181. The molecule has 140 valence electrons. The van der Waals surface area contributed by atoms with Gasteiger partial charge in [-0.2, -0.15) is 9.49 Å². The summed E-state index contributed by atoms with van der Waals surface area (Å²) in [5.41, 5.74) is 1.81. The first-order chi connectivity index (χ1) is 13.6. The molecule has 1 aliphatic rings. The second-order valence-corrected chi connectivity index (χ2v) is 6.87. The lowest BCUT2D eigenvalue weighted by atomic mass is 10.2. The number of fused-ring (bicyclic) bond motifs is 2. The summed E-state index contributed by atoms with van der Waals surface area (Å²) in [4.78, 5) is 18.2. The largest absolute Gasteiger partial charge is 0.328 e. The molecule has 1 aliphatic heterocycles. The number of hydrogen-bond acceptors (Lipinski definition) is 5. The SMILES string of the molecule is O=C(c1cc2ccc(Cl)cn2n1)N1CCn2c(nnc2-c2ccc(F)nc2)C1. The van der Waals surface area contributed by atoms with E-state index in [-0.39, 0.29) is 5.91 Å². The van der Waals surface area contributed by atoms with Gasteiger partial charge in [-0.25, -0.2) is 9.50 Å². The molecular weight excluding hydrogens is 385 g/mol. The molecule has 4 aromatic rings. The van der Waals surface area contributed by atoms with E-state index in [1.165, 1.54) is 12.3 Å². The van der Waals surface area contributed by atoms with E-state index in [1.807, 2.05) is 10.6 Å². The monoisotopic (exact) mass is 397 g/mol. The Labute approximate surface area is 163 Å². The number of halogens is 2. The maximum absolute atomic E-state index is 13.1. The third kappa shape index (κ3) is 2.80. The van der Waals surface area contributed by atoms with Crippen LogP contribution < -0.4 is 0 Å². The lowest BCUT2D eigenvalue weighted by molar-refractivity contribution is 0.0701. The molecule has 8 nitrogen and oxygen atoms in total. The van der Waals surface area contributed by atoms with E-state index in [9.17, 15) is 9.18 Å². The molecule has 0 fully saturated rings. The summed E-state index contributed by atoms with van der Waals surface area (Å²) in [5.74, 6) is 0.537. The number of amides is 1. The van der Waals surface area contributed by atoms with Crippen molar-refractivity contribution in [2.24, 2.45) is 0 Å². The van der Waals surface area contributed by atoms with Crippen LogP contribution in [0.25, 0.3) is 16.9 Å². The van der Waals surface area contributed by atoms with Crippen molar-refractivity contribution in [3.63, 3.8) is 0 Å². The molecule has 0 radical (unpaired) electrons. The van der Waals surface area contributed by atoms with Crippen molar-refractivity contribution in [2.45, 2.75) is 13.1 Å². The lowest BCUT2D eigenvalue weighted by Crippen LogP contribution is -2.38. The number of aromatic nitrogens is 6. The van der Waals surface area contributed by atoms with Crippen LogP contribution in [0.3, 0.4) is 0 Å². The van der Waals surface area contributed by atoms with E-state index in [2.05, 4.69) is 20.3 Å². The molecular formula is C18H13ClFN7O. The first-order valence-corrected chi connectivity index (χ1v) is 8.94. The third-order valence-electron chi connectivity index (χ3n) is 4.67. The van der Waals surface area contributed by atoms with Gasteiger partial charge < -0.3 is 9.47 Å². The Morgan fingerprint density at radius 2 is 2.04 bits per heavy atom. The standard InChI is InChI=1S/C18H13ClFN7O/c19-12-2-3-13-7-14(24-27(13)9-12)18(28)25-5-6-26-16(10-25)22-23-17(26)11-1-4-15(20)21-8-11/h1-4,7-9H,5-6,10H2. The molecule has 0 bridgehead atoms. The fourth-order valence-corrected chi connectivity index (χ4v) is 3.44. The maximum atomic E-state index is 13.1. The Hall–Kier alpha value is -3.33. The third-order valence-corrected chi connectivity index (χ3v) is 4.89. The van der Waals surface area contributed by atoms with Gasteiger partial charge in [0.05, 0.1) is 17.1 Å². The van der Waals surface area contributed by atoms with Gasteiger partial charge in [0.1, 0.15) is 0 Å². The van der Waals surface area contributed by atoms with E-state index in [4.69, 9.17) is 11.6 Å². The topological polar surface area (TPSA) is 81.2 Å². The van der Waals surface area contributed by atoms with Gasteiger partial charge in [-0.3, -0.25) is 4.79 Å². The zero-order valence-corrected chi connectivity index (χ0v) is 15.2. The average Bonchev–Trinajstić information content (AvgIpc) is 3.31. The molecule has 0 saturated carbocycles. The summed E-state index contributed by atoms with van der Waals surface area (Å²) in [5, 5.41) is 13.2. The van der Waals surface area contributed by atoms with Gasteiger partial charge in [0.15, 0.2) is 17.3 Å². The van der Waals surface area contributed by atoms with Crippen molar-refractivity contribution in [3.8, 4) is 11.4 Å². The van der Waals surface area contributed by atoms with Gasteiger partial charge in [0, 0.05) is 31.0 Å². The van der Waals surface area contributed by atoms with E-state index in [1.54, 1.807) is 33.8 Å². The number of hydrogen-bond donors (Lipinski definition) is 0. The van der Waals surface area contributed by atoms with Gasteiger partial charge in [0.2, 0.25) is 5.95 Å². The van der Waals surface area contributed by atoms with Gasteiger partial charge in [0.25, 0.3) is 5.91 Å². The van der Waals surface area contributed by atoms with Crippen LogP contribution in [0.5, 0.6) is 0 Å². The van der Waals surface area contributed by atoms with Crippen molar-refractivity contribution in [2.75, 3.05) is 6.54 Å². The van der Waals surface area contributed by atoms with Crippen LogP contribution in [0, 0.1) is 5.95 Å². The summed E-state index contributed by atoms with van der Waals surface area (Å²) in [6.07, 6.45) is 3.08. The predicted octanol–water partition coefficient (Wildman–Crippen LogP) is 2.44. The van der Waals surface area contributed by atoms with Gasteiger partial charge in [-0.15, -0.1) is 10.2 Å². The molecule has 0 aliphatic carbocycles. The van der Waals surface area contributed by atoms with Crippen LogP contribution >= 0.6 is 11.6 Å². The summed E-state index contributed by atoms with van der Waals surface area (Å²) >= 11 is 5.97. The molecule has 0 saturated heterocycles. The van der Waals surface area contributed by atoms with Crippen molar-refractivity contribution >= 4 is 23.0 Å². The molecule has 0 unspecified atom stereocenters. The molecule has 0 atom stereocenters. The van der Waals surface area contributed by atoms with Crippen molar-refractivity contribution in [1.29, 1.82) is 0 Å². The van der Waals surface area contributed by atoms with Crippen LogP contribution in [0.15, 0.2) is 42.7 Å². The van der Waals surface area contributed by atoms with E-state index < -0.39 is 5.95 Å². The van der Waals surface area contributed by atoms with Gasteiger partial charge in [-0.05, 0) is 30.3 Å². The Bertz CT molecular complexity index is 1200. The van der Waals surface area contributed by atoms with Crippen molar-refractivity contribution < 1.29 is 9.18 Å². The second kappa shape index (κ2) is 6.38. The van der Waals surface area contributed by atoms with Crippen LogP contribution in [0.2, 0.25) is 5.02 Å². The highest BCUT2D eigenvalue weighted by atomic mass is 35.5. The smallest absolute Gasteiger partial charge is 0.274 e. The van der Waals surface area contributed by atoms with E-state index >= 15 is 0 Å². The fourth-order valence-electron chi connectivity index (χ4n) is 3.28. The summed E-state index contributed by atoms with van der Waals surface area (Å²) in [6, 6.07) is 8.18. The Morgan fingerprint density at radius 1 is 1.14 bits per heavy atom.